The summed E-state index contributed by atoms with van der Waals surface area (Å²) >= 11 is 1.28. The highest BCUT2D eigenvalue weighted by Gasteiger charge is 2.27. The third kappa shape index (κ3) is 3.37. The van der Waals surface area contributed by atoms with Gasteiger partial charge in [-0.15, -0.1) is 11.3 Å². The number of hydrogen-bond acceptors (Lipinski definition) is 5. The van der Waals surface area contributed by atoms with E-state index >= 15 is 0 Å². The Hall–Kier alpha value is -1.41. The summed E-state index contributed by atoms with van der Waals surface area (Å²) in [5.74, 6) is -1.77. The van der Waals surface area contributed by atoms with Gasteiger partial charge in [0.15, 0.2) is 0 Å². The Kier molecular flexibility index (Phi) is 4.14. The molecule has 0 saturated carbocycles. The number of carboxylic acid groups (broad SMARTS) is 1. The number of carbonyl (C=O) groups is 2. The molecule has 0 atom stereocenters. The van der Waals surface area contributed by atoms with E-state index in [1.165, 1.54) is 11.3 Å². The van der Waals surface area contributed by atoms with Crippen LogP contribution in [-0.4, -0.2) is 37.4 Å². The molecular weight excluding hydrogens is 302 g/mol. The van der Waals surface area contributed by atoms with Crippen LogP contribution < -0.4 is 5.32 Å². The Balaban J connectivity index is 2.14. The molecule has 1 aromatic heterocycles. The van der Waals surface area contributed by atoms with Gasteiger partial charge in [-0.05, 0) is 24.8 Å². The van der Waals surface area contributed by atoms with Crippen LogP contribution in [0.2, 0.25) is 0 Å². The molecule has 8 heteroatoms. The van der Waals surface area contributed by atoms with Crippen LogP contribution in [0, 0.1) is 0 Å². The first kappa shape index (κ1) is 15.0. The molecule has 0 saturated heterocycles. The van der Waals surface area contributed by atoms with Crippen LogP contribution in [0.3, 0.4) is 0 Å². The largest absolute Gasteiger partial charge is 0.478 e. The second-order valence-corrected chi connectivity index (χ2v) is 8.16. The summed E-state index contributed by atoms with van der Waals surface area (Å²) in [7, 11) is -3.21. The molecule has 1 aliphatic rings. The Labute approximate surface area is 120 Å². The minimum absolute atomic E-state index is 0.162. The van der Waals surface area contributed by atoms with Crippen LogP contribution in [0.5, 0.6) is 0 Å². The van der Waals surface area contributed by atoms with Crippen LogP contribution in [0.1, 0.15) is 33.6 Å². The van der Waals surface area contributed by atoms with Crippen molar-refractivity contribution in [3.8, 4) is 0 Å². The van der Waals surface area contributed by atoms with Gasteiger partial charge >= 0.3 is 5.97 Å². The predicted molar refractivity (Wildman–Crippen MR) is 76.3 cm³/mol. The molecule has 0 bridgehead atoms. The zero-order chi connectivity index (χ0) is 14.9. The third-order valence-electron chi connectivity index (χ3n) is 3.09. The fourth-order valence-electron chi connectivity index (χ4n) is 2.19. The van der Waals surface area contributed by atoms with Crippen LogP contribution >= 0.6 is 11.3 Å². The molecule has 0 spiro atoms. The fraction of sp³-hybridized carbons (Fsp3) is 0.500. The summed E-state index contributed by atoms with van der Waals surface area (Å²) in [6, 6.07) is 0. The molecule has 1 aliphatic carbocycles. The van der Waals surface area contributed by atoms with Crippen LogP contribution in [0.15, 0.2) is 0 Å². The highest BCUT2D eigenvalue weighted by molar-refractivity contribution is 7.90. The van der Waals surface area contributed by atoms with Crippen molar-refractivity contribution in [2.45, 2.75) is 25.7 Å². The van der Waals surface area contributed by atoms with E-state index < -0.39 is 21.7 Å². The van der Waals surface area contributed by atoms with Gasteiger partial charge in [0, 0.05) is 17.6 Å². The maximum atomic E-state index is 11.7. The van der Waals surface area contributed by atoms with E-state index in [1.54, 1.807) is 0 Å². The zero-order valence-electron chi connectivity index (χ0n) is 10.9. The molecule has 2 rings (SSSR count). The lowest BCUT2D eigenvalue weighted by atomic mass is 10.1. The minimum atomic E-state index is -3.21. The van der Waals surface area contributed by atoms with Gasteiger partial charge in [-0.1, -0.05) is 0 Å². The summed E-state index contributed by atoms with van der Waals surface area (Å²) in [5.41, 5.74) is 0.969. The number of sulfone groups is 1. The minimum Gasteiger partial charge on any atom is -0.478 e. The van der Waals surface area contributed by atoms with Crippen molar-refractivity contribution in [3.05, 3.63) is 16.0 Å². The number of aryl methyl sites for hydroxylation is 1. The molecule has 110 valence electrons. The van der Waals surface area contributed by atoms with Gasteiger partial charge in [-0.2, -0.15) is 0 Å². The number of nitrogens with one attached hydrogen (secondary N) is 1. The smallest absolute Gasteiger partial charge is 0.339 e. The number of carboxylic acids is 1. The molecule has 1 heterocycles. The Morgan fingerprint density at radius 1 is 1.35 bits per heavy atom. The first-order valence-electron chi connectivity index (χ1n) is 6.13. The summed E-state index contributed by atoms with van der Waals surface area (Å²) < 4.78 is 22.0. The average Bonchev–Trinajstić information content (AvgIpc) is 2.84. The molecule has 2 N–H and O–H groups in total. The highest BCUT2D eigenvalue weighted by atomic mass is 32.2. The van der Waals surface area contributed by atoms with Crippen molar-refractivity contribution < 1.29 is 23.1 Å². The van der Waals surface area contributed by atoms with E-state index in [0.717, 1.165) is 29.5 Å². The molecule has 0 fully saturated rings. The molecule has 0 unspecified atom stereocenters. The number of aromatic carboxylic acids is 1. The van der Waals surface area contributed by atoms with Gasteiger partial charge in [0.25, 0.3) is 0 Å². The standard InChI is InChI=1S/C12H15NO5S2/c1-20(17,18)6-5-9(14)13-11-10(12(15)16)7-3-2-4-8(7)19-11/h2-6H2,1H3,(H,13,14)(H,15,16). The van der Waals surface area contributed by atoms with Gasteiger partial charge in [-0.3, -0.25) is 4.79 Å². The molecule has 0 aliphatic heterocycles. The molecule has 0 aromatic carbocycles. The molecular formula is C12H15NO5S2. The fourth-order valence-corrected chi connectivity index (χ4v) is 4.04. The van der Waals surface area contributed by atoms with Gasteiger partial charge in [-0.25, -0.2) is 13.2 Å². The van der Waals surface area contributed by atoms with Crippen molar-refractivity contribution in [1.29, 1.82) is 0 Å². The predicted octanol–water partition coefficient (Wildman–Crippen LogP) is 1.31. The maximum Gasteiger partial charge on any atom is 0.339 e. The summed E-state index contributed by atoms with van der Waals surface area (Å²) in [4.78, 5) is 24.0. The first-order valence-corrected chi connectivity index (χ1v) is 9.01. The second kappa shape index (κ2) is 5.53. The lowest BCUT2D eigenvalue weighted by Gasteiger charge is -2.05. The van der Waals surface area contributed by atoms with E-state index in [1.807, 2.05) is 0 Å². The molecule has 20 heavy (non-hydrogen) atoms. The molecule has 0 radical (unpaired) electrons. The van der Waals surface area contributed by atoms with Crippen molar-refractivity contribution >= 4 is 38.1 Å². The lowest BCUT2D eigenvalue weighted by molar-refractivity contribution is -0.115. The number of amides is 1. The number of hydrogen-bond donors (Lipinski definition) is 2. The van der Waals surface area contributed by atoms with Crippen LogP contribution in [-0.2, 0) is 27.5 Å². The average molecular weight is 317 g/mol. The van der Waals surface area contributed by atoms with Gasteiger partial charge in [0.1, 0.15) is 14.8 Å². The van der Waals surface area contributed by atoms with Crippen molar-refractivity contribution in [1.82, 2.24) is 0 Å². The van der Waals surface area contributed by atoms with E-state index in [9.17, 15) is 23.1 Å². The molecule has 1 aromatic rings. The molecule has 1 amide bonds. The van der Waals surface area contributed by atoms with Crippen LogP contribution in [0.4, 0.5) is 5.00 Å². The monoisotopic (exact) mass is 317 g/mol. The summed E-state index contributed by atoms with van der Waals surface area (Å²) in [6.07, 6.45) is 3.37. The number of thiophene rings is 1. The quantitative estimate of drug-likeness (QED) is 0.852. The van der Waals surface area contributed by atoms with Gasteiger partial charge < -0.3 is 10.4 Å². The zero-order valence-corrected chi connectivity index (χ0v) is 12.6. The Morgan fingerprint density at radius 2 is 2.05 bits per heavy atom. The van der Waals surface area contributed by atoms with E-state index in [4.69, 9.17) is 0 Å². The normalized spacial score (nSPS) is 14.1. The van der Waals surface area contributed by atoms with Crippen molar-refractivity contribution in [3.63, 3.8) is 0 Å². The van der Waals surface area contributed by atoms with E-state index in [-0.39, 0.29) is 17.7 Å². The topological polar surface area (TPSA) is 101 Å². The third-order valence-corrected chi connectivity index (χ3v) is 5.24. The van der Waals surface area contributed by atoms with Gasteiger partial charge in [0.05, 0.1) is 11.3 Å². The Morgan fingerprint density at radius 3 is 2.65 bits per heavy atom. The lowest BCUT2D eigenvalue weighted by Crippen LogP contribution is -2.17. The number of rotatable bonds is 5. The van der Waals surface area contributed by atoms with Crippen LogP contribution in [0.25, 0.3) is 0 Å². The number of fused-ring (bicyclic) bond motifs is 1. The van der Waals surface area contributed by atoms with Gasteiger partial charge in [0.2, 0.25) is 5.91 Å². The van der Waals surface area contributed by atoms with E-state index in [0.29, 0.717) is 11.4 Å². The van der Waals surface area contributed by atoms with Crippen molar-refractivity contribution in [2.75, 3.05) is 17.3 Å². The molecule has 6 nitrogen and oxygen atoms in total. The summed E-state index contributed by atoms with van der Waals surface area (Å²) in [6.45, 7) is 0. The number of carbonyl (C=O) groups excluding carboxylic acids is 1. The SMILES string of the molecule is CS(=O)(=O)CCC(=O)Nc1sc2c(c1C(=O)O)CCC2. The Bertz CT molecular complexity index is 660. The maximum absolute atomic E-state index is 11.7. The first-order chi connectivity index (χ1) is 9.28. The summed E-state index contributed by atoms with van der Waals surface area (Å²) in [5, 5.41) is 12.1. The van der Waals surface area contributed by atoms with E-state index in [2.05, 4.69) is 5.32 Å². The number of anilines is 1. The highest BCUT2D eigenvalue weighted by Crippen LogP contribution is 2.39. The van der Waals surface area contributed by atoms with Crippen molar-refractivity contribution in [2.24, 2.45) is 0 Å². The second-order valence-electron chi connectivity index (χ2n) is 4.79.